The van der Waals surface area contributed by atoms with E-state index in [2.05, 4.69) is 29.2 Å². The van der Waals surface area contributed by atoms with Gasteiger partial charge in [-0.05, 0) is 6.58 Å². The van der Waals surface area contributed by atoms with Gasteiger partial charge in [-0.25, -0.2) is 9.59 Å². The smallest absolute Gasteiger partial charge is 0.337 e. The summed E-state index contributed by atoms with van der Waals surface area (Å²) in [5.41, 5.74) is 0. The fourth-order valence-corrected chi connectivity index (χ4v) is 0.329. The molecule has 0 bridgehead atoms. The van der Waals surface area contributed by atoms with Gasteiger partial charge in [-0.3, -0.25) is 0 Å². The zero-order valence-electron chi connectivity index (χ0n) is 6.41. The van der Waals surface area contributed by atoms with Crippen molar-refractivity contribution in [1.82, 2.24) is 0 Å². The van der Waals surface area contributed by atoms with Gasteiger partial charge in [-0.2, -0.15) is 0 Å². The summed E-state index contributed by atoms with van der Waals surface area (Å²) in [5, 5.41) is 0. The summed E-state index contributed by atoms with van der Waals surface area (Å²) in [4.78, 5) is 20.9. The molecule has 0 aromatic carbocycles. The average molecular weight is 168 g/mol. The van der Waals surface area contributed by atoms with Crippen LogP contribution in [-0.2, 0) is 19.1 Å². The topological polar surface area (TPSA) is 52.6 Å². The third-order valence-electron chi connectivity index (χ3n) is 0.762. The number of ether oxygens (including phenoxy) is 2. The monoisotopic (exact) mass is 168 g/mol. The van der Waals surface area contributed by atoms with Crippen LogP contribution in [0.25, 0.3) is 0 Å². The van der Waals surface area contributed by atoms with Crippen molar-refractivity contribution in [2.45, 2.75) is 0 Å². The van der Waals surface area contributed by atoms with Crippen molar-refractivity contribution >= 4 is 11.9 Å². The molecule has 4 nitrogen and oxygen atoms in total. The van der Waals surface area contributed by atoms with E-state index in [9.17, 15) is 9.59 Å². The summed E-state index contributed by atoms with van der Waals surface area (Å²) >= 11 is 0. The van der Waals surface area contributed by atoms with Crippen LogP contribution in [0.1, 0.15) is 0 Å². The number of hydrogen-bond donors (Lipinski definition) is 0. The molecule has 0 N–H and O–H groups in total. The second-order valence-corrected chi connectivity index (χ2v) is 1.62. The number of hydrogen-bond acceptors (Lipinski definition) is 4. The van der Waals surface area contributed by atoms with Gasteiger partial charge in [0.2, 0.25) is 0 Å². The molecular formula is C8H8O4. The van der Waals surface area contributed by atoms with Crippen molar-refractivity contribution < 1.29 is 19.1 Å². The maximum absolute atomic E-state index is 10.5. The predicted molar refractivity (Wildman–Crippen MR) is 41.7 cm³/mol. The van der Waals surface area contributed by atoms with Crippen LogP contribution in [0, 0.1) is 0 Å². The molecule has 0 saturated carbocycles. The molecule has 12 heavy (non-hydrogen) atoms. The molecule has 4 heteroatoms. The lowest BCUT2D eigenvalue weighted by Gasteiger charge is -2.02. The van der Waals surface area contributed by atoms with Crippen molar-refractivity contribution in [1.29, 1.82) is 0 Å². The summed E-state index contributed by atoms with van der Waals surface area (Å²) in [6.07, 6.45) is 1.85. The highest BCUT2D eigenvalue weighted by Gasteiger charge is 2.04. The van der Waals surface area contributed by atoms with Crippen LogP contribution in [0.3, 0.4) is 0 Å². The number of carbonyl (C=O) groups is 2. The minimum Gasteiger partial charge on any atom is -0.390 e. The zero-order chi connectivity index (χ0) is 9.56. The van der Waals surface area contributed by atoms with E-state index in [0.717, 1.165) is 12.2 Å². The molecule has 0 atom stereocenters. The predicted octanol–water partition coefficient (Wildman–Crippen LogP) is 0.916. The second-order valence-electron chi connectivity index (χ2n) is 1.62. The third kappa shape index (κ3) is 4.05. The standard InChI is InChI=1S/C8H8O4/c1-4-7(9)11-6(3)12-8(10)5-2/h4-5H,1-3H2. The molecule has 0 unspecified atom stereocenters. The summed E-state index contributed by atoms with van der Waals surface area (Å²) in [5.74, 6) is -1.88. The molecule has 0 aromatic rings. The van der Waals surface area contributed by atoms with E-state index < -0.39 is 17.9 Å². The Morgan fingerprint density at radius 3 is 1.58 bits per heavy atom. The van der Waals surface area contributed by atoms with E-state index in [1.165, 1.54) is 0 Å². The second kappa shape index (κ2) is 4.90. The quantitative estimate of drug-likeness (QED) is 0.355. The number of rotatable bonds is 4. The summed E-state index contributed by atoms with van der Waals surface area (Å²) in [7, 11) is 0. The summed E-state index contributed by atoms with van der Waals surface area (Å²) < 4.78 is 8.66. The first kappa shape index (κ1) is 10.2. The SMILES string of the molecule is C=CC(=O)OC(=C)OC(=O)C=C. The fraction of sp³-hybridized carbons (Fsp3) is 0. The van der Waals surface area contributed by atoms with Crippen molar-refractivity contribution in [3.63, 3.8) is 0 Å². The van der Waals surface area contributed by atoms with Crippen LogP contribution in [0.4, 0.5) is 0 Å². The first-order valence-electron chi connectivity index (χ1n) is 2.97. The van der Waals surface area contributed by atoms with Crippen LogP contribution >= 0.6 is 0 Å². The van der Waals surface area contributed by atoms with E-state index >= 15 is 0 Å². The van der Waals surface area contributed by atoms with Gasteiger partial charge in [0.15, 0.2) is 0 Å². The average Bonchev–Trinajstić information content (AvgIpc) is 2.03. The Balaban J connectivity index is 3.89. The van der Waals surface area contributed by atoms with Gasteiger partial charge in [-0.1, -0.05) is 13.2 Å². The van der Waals surface area contributed by atoms with Gasteiger partial charge in [0.05, 0.1) is 0 Å². The van der Waals surface area contributed by atoms with Crippen LogP contribution < -0.4 is 0 Å². The Bertz CT molecular complexity index is 215. The highest BCUT2D eigenvalue weighted by molar-refractivity contribution is 5.84. The van der Waals surface area contributed by atoms with E-state index in [-0.39, 0.29) is 0 Å². The van der Waals surface area contributed by atoms with Crippen LogP contribution in [0.2, 0.25) is 0 Å². The molecule has 0 spiro atoms. The highest BCUT2D eigenvalue weighted by Crippen LogP contribution is 1.97. The third-order valence-corrected chi connectivity index (χ3v) is 0.762. The molecule has 0 rings (SSSR count). The van der Waals surface area contributed by atoms with Crippen molar-refractivity contribution in [2.75, 3.05) is 0 Å². The molecule has 0 radical (unpaired) electrons. The normalized spacial score (nSPS) is 8.00. The maximum Gasteiger partial charge on any atom is 0.337 e. The van der Waals surface area contributed by atoms with E-state index in [1.54, 1.807) is 0 Å². The molecule has 0 aliphatic rings. The Labute approximate surface area is 69.8 Å². The molecule has 0 aliphatic carbocycles. The summed E-state index contributed by atoms with van der Waals surface area (Å²) in [6.45, 7) is 9.42. The van der Waals surface area contributed by atoms with Crippen LogP contribution in [0.15, 0.2) is 37.8 Å². The molecular weight excluding hydrogens is 160 g/mol. The fourth-order valence-electron chi connectivity index (χ4n) is 0.329. The van der Waals surface area contributed by atoms with Gasteiger partial charge in [0, 0.05) is 12.2 Å². The van der Waals surface area contributed by atoms with E-state index in [0.29, 0.717) is 0 Å². The molecule has 64 valence electrons. The van der Waals surface area contributed by atoms with Crippen molar-refractivity contribution in [3.8, 4) is 0 Å². The molecule has 0 heterocycles. The van der Waals surface area contributed by atoms with E-state index in [4.69, 9.17) is 0 Å². The number of carbonyl (C=O) groups excluding carboxylic acids is 2. The van der Waals surface area contributed by atoms with Gasteiger partial charge in [-0.15, -0.1) is 0 Å². The highest BCUT2D eigenvalue weighted by atomic mass is 16.7. The molecule has 0 aliphatic heterocycles. The minimum absolute atomic E-state index is 0.398. The Kier molecular flexibility index (Phi) is 4.15. The van der Waals surface area contributed by atoms with Crippen LogP contribution in [0.5, 0.6) is 0 Å². The lowest BCUT2D eigenvalue weighted by molar-refractivity contribution is -0.147. The largest absolute Gasteiger partial charge is 0.390 e. The lowest BCUT2D eigenvalue weighted by atomic mass is 10.6. The lowest BCUT2D eigenvalue weighted by Crippen LogP contribution is -2.06. The number of esters is 2. The minimum atomic E-state index is -0.739. The summed E-state index contributed by atoms with van der Waals surface area (Å²) in [6, 6.07) is 0. The van der Waals surface area contributed by atoms with Crippen molar-refractivity contribution in [2.24, 2.45) is 0 Å². The van der Waals surface area contributed by atoms with Gasteiger partial charge < -0.3 is 9.47 Å². The Morgan fingerprint density at radius 2 is 1.33 bits per heavy atom. The zero-order valence-corrected chi connectivity index (χ0v) is 6.41. The molecule has 0 fully saturated rings. The molecule has 0 amide bonds. The Hall–Kier alpha value is -1.84. The van der Waals surface area contributed by atoms with Crippen LogP contribution in [-0.4, -0.2) is 11.9 Å². The van der Waals surface area contributed by atoms with Gasteiger partial charge in [0.1, 0.15) is 0 Å². The molecule has 0 saturated heterocycles. The maximum atomic E-state index is 10.5. The Morgan fingerprint density at radius 1 is 1.00 bits per heavy atom. The first-order valence-corrected chi connectivity index (χ1v) is 2.97. The molecule has 0 aromatic heterocycles. The first-order chi connectivity index (χ1) is 5.60. The van der Waals surface area contributed by atoms with E-state index in [1.807, 2.05) is 0 Å². The van der Waals surface area contributed by atoms with Gasteiger partial charge in [0.25, 0.3) is 5.95 Å². The van der Waals surface area contributed by atoms with Gasteiger partial charge >= 0.3 is 11.9 Å². The van der Waals surface area contributed by atoms with Crippen molar-refractivity contribution in [3.05, 3.63) is 37.8 Å².